The standard InChI is InChI=1S/C15H23N3O3/c1-15(2,3)18(14(19)20)8-7-17-13-10-6-9-21-12(10)5-4-11(13)16/h4-5,17H,6-9,16H2,1-3H3,(H,19,20). The highest BCUT2D eigenvalue weighted by atomic mass is 16.5. The molecule has 1 aromatic carbocycles. The zero-order chi connectivity index (χ0) is 15.6. The third-order valence-corrected chi connectivity index (χ3v) is 3.59. The molecule has 0 saturated heterocycles. The van der Waals surface area contributed by atoms with Crippen molar-refractivity contribution >= 4 is 17.5 Å². The van der Waals surface area contributed by atoms with E-state index >= 15 is 0 Å². The van der Waals surface area contributed by atoms with Crippen molar-refractivity contribution in [3.63, 3.8) is 0 Å². The number of rotatable bonds is 4. The number of carbonyl (C=O) groups is 1. The lowest BCUT2D eigenvalue weighted by Crippen LogP contribution is -2.47. The molecule has 1 aliphatic heterocycles. The van der Waals surface area contributed by atoms with E-state index in [9.17, 15) is 9.90 Å². The monoisotopic (exact) mass is 293 g/mol. The number of benzene rings is 1. The zero-order valence-electron chi connectivity index (χ0n) is 12.8. The smallest absolute Gasteiger partial charge is 0.407 e. The summed E-state index contributed by atoms with van der Waals surface area (Å²) >= 11 is 0. The molecule has 0 spiro atoms. The molecule has 1 amide bonds. The highest BCUT2D eigenvalue weighted by molar-refractivity contribution is 5.74. The van der Waals surface area contributed by atoms with E-state index in [0.29, 0.717) is 25.4 Å². The van der Waals surface area contributed by atoms with Crippen LogP contribution in [0.15, 0.2) is 12.1 Å². The van der Waals surface area contributed by atoms with Crippen LogP contribution in [0.5, 0.6) is 5.75 Å². The van der Waals surface area contributed by atoms with E-state index in [4.69, 9.17) is 10.5 Å². The molecule has 0 aliphatic carbocycles. The van der Waals surface area contributed by atoms with E-state index in [1.165, 1.54) is 4.90 Å². The Balaban J connectivity index is 2.04. The summed E-state index contributed by atoms with van der Waals surface area (Å²) in [4.78, 5) is 12.7. The van der Waals surface area contributed by atoms with Crippen LogP contribution in [0.3, 0.4) is 0 Å². The SMILES string of the molecule is CC(C)(C)N(CCNc1c(N)ccc2c1CCO2)C(=O)O. The lowest BCUT2D eigenvalue weighted by Gasteiger charge is -2.33. The number of ether oxygens (including phenoxy) is 1. The molecule has 21 heavy (non-hydrogen) atoms. The van der Waals surface area contributed by atoms with Gasteiger partial charge in [0.1, 0.15) is 5.75 Å². The molecule has 1 heterocycles. The van der Waals surface area contributed by atoms with E-state index in [1.807, 2.05) is 32.9 Å². The first-order valence-electron chi connectivity index (χ1n) is 7.09. The molecule has 0 saturated carbocycles. The van der Waals surface area contributed by atoms with Gasteiger partial charge in [-0.2, -0.15) is 0 Å². The van der Waals surface area contributed by atoms with Gasteiger partial charge in [-0.1, -0.05) is 0 Å². The Morgan fingerprint density at radius 2 is 2.19 bits per heavy atom. The zero-order valence-corrected chi connectivity index (χ0v) is 12.8. The van der Waals surface area contributed by atoms with Crippen LogP contribution in [0.25, 0.3) is 0 Å². The maximum atomic E-state index is 11.3. The van der Waals surface area contributed by atoms with E-state index in [2.05, 4.69) is 5.32 Å². The lowest BCUT2D eigenvalue weighted by molar-refractivity contribution is 0.103. The first-order valence-corrected chi connectivity index (χ1v) is 7.09. The number of hydrogen-bond donors (Lipinski definition) is 3. The Kier molecular flexibility index (Phi) is 4.16. The normalized spacial score (nSPS) is 13.5. The molecule has 116 valence electrons. The first kappa shape index (κ1) is 15.3. The molecule has 0 radical (unpaired) electrons. The fourth-order valence-corrected chi connectivity index (χ4v) is 2.51. The lowest BCUT2D eigenvalue weighted by atomic mass is 10.1. The topological polar surface area (TPSA) is 87.8 Å². The Morgan fingerprint density at radius 3 is 2.81 bits per heavy atom. The van der Waals surface area contributed by atoms with Gasteiger partial charge in [0.05, 0.1) is 18.0 Å². The van der Waals surface area contributed by atoms with Crippen LogP contribution < -0.4 is 15.8 Å². The molecule has 4 N–H and O–H groups in total. The van der Waals surface area contributed by atoms with E-state index < -0.39 is 11.6 Å². The molecule has 1 aliphatic rings. The molecule has 2 rings (SSSR count). The van der Waals surface area contributed by atoms with Crippen LogP contribution in [0.1, 0.15) is 26.3 Å². The van der Waals surface area contributed by atoms with Gasteiger partial charge >= 0.3 is 6.09 Å². The van der Waals surface area contributed by atoms with Gasteiger partial charge in [0, 0.05) is 30.6 Å². The van der Waals surface area contributed by atoms with Crippen molar-refractivity contribution in [3.05, 3.63) is 17.7 Å². The molecule has 6 nitrogen and oxygen atoms in total. The fourth-order valence-electron chi connectivity index (χ4n) is 2.51. The number of nitrogen functional groups attached to an aromatic ring is 1. The molecular weight excluding hydrogens is 270 g/mol. The molecule has 1 aromatic rings. The van der Waals surface area contributed by atoms with Crippen LogP contribution >= 0.6 is 0 Å². The number of nitrogens with one attached hydrogen (secondary N) is 1. The molecular formula is C15H23N3O3. The molecule has 6 heteroatoms. The minimum atomic E-state index is -0.918. The van der Waals surface area contributed by atoms with Gasteiger partial charge in [0.2, 0.25) is 0 Å². The Labute approximate surface area is 124 Å². The number of nitrogens with two attached hydrogens (primary N) is 1. The summed E-state index contributed by atoms with van der Waals surface area (Å²) in [5.74, 6) is 0.859. The van der Waals surface area contributed by atoms with Gasteiger partial charge in [-0.05, 0) is 32.9 Å². The molecule has 0 bridgehead atoms. The van der Waals surface area contributed by atoms with Crippen molar-refractivity contribution in [2.45, 2.75) is 32.7 Å². The average molecular weight is 293 g/mol. The summed E-state index contributed by atoms with van der Waals surface area (Å²) in [5.41, 5.74) is 8.18. The molecule has 0 atom stereocenters. The Hall–Kier alpha value is -2.11. The number of anilines is 2. The van der Waals surface area contributed by atoms with Crippen molar-refractivity contribution in [2.75, 3.05) is 30.7 Å². The van der Waals surface area contributed by atoms with Gasteiger partial charge in [-0.3, -0.25) is 0 Å². The van der Waals surface area contributed by atoms with Crippen molar-refractivity contribution in [1.82, 2.24) is 4.90 Å². The van der Waals surface area contributed by atoms with Crippen LogP contribution in [0.4, 0.5) is 16.2 Å². The highest BCUT2D eigenvalue weighted by Gasteiger charge is 2.26. The second-order valence-corrected chi connectivity index (χ2v) is 6.14. The third kappa shape index (κ3) is 3.32. The predicted octanol–water partition coefficient (Wildman–Crippen LogP) is 2.39. The average Bonchev–Trinajstić information content (AvgIpc) is 2.82. The van der Waals surface area contributed by atoms with Crippen LogP contribution in [-0.4, -0.2) is 41.3 Å². The summed E-state index contributed by atoms with van der Waals surface area (Å²) in [6.07, 6.45) is -0.0937. The summed E-state index contributed by atoms with van der Waals surface area (Å²) < 4.78 is 5.51. The summed E-state index contributed by atoms with van der Waals surface area (Å²) in [5, 5.41) is 12.5. The van der Waals surface area contributed by atoms with E-state index in [-0.39, 0.29) is 0 Å². The molecule has 0 fully saturated rings. The number of nitrogens with zero attached hydrogens (tertiary/aromatic N) is 1. The Morgan fingerprint density at radius 1 is 1.48 bits per heavy atom. The Bertz CT molecular complexity index is 538. The highest BCUT2D eigenvalue weighted by Crippen LogP contribution is 2.35. The van der Waals surface area contributed by atoms with Crippen molar-refractivity contribution in [1.29, 1.82) is 0 Å². The van der Waals surface area contributed by atoms with Gasteiger partial charge < -0.3 is 25.8 Å². The minimum absolute atomic E-state index is 0.392. The summed E-state index contributed by atoms with van der Waals surface area (Å²) in [6, 6.07) is 3.69. The predicted molar refractivity (Wildman–Crippen MR) is 83.0 cm³/mol. The summed E-state index contributed by atoms with van der Waals surface area (Å²) in [6.45, 7) is 7.19. The molecule has 0 aromatic heterocycles. The van der Waals surface area contributed by atoms with Crippen LogP contribution in [0.2, 0.25) is 0 Å². The van der Waals surface area contributed by atoms with Gasteiger partial charge in [0.15, 0.2) is 0 Å². The van der Waals surface area contributed by atoms with E-state index in [1.54, 1.807) is 0 Å². The van der Waals surface area contributed by atoms with Crippen molar-refractivity contribution in [3.8, 4) is 5.75 Å². The first-order chi connectivity index (χ1) is 9.80. The summed E-state index contributed by atoms with van der Waals surface area (Å²) in [7, 11) is 0. The fraction of sp³-hybridized carbons (Fsp3) is 0.533. The van der Waals surface area contributed by atoms with Crippen molar-refractivity contribution < 1.29 is 14.6 Å². The van der Waals surface area contributed by atoms with Crippen LogP contribution in [0, 0.1) is 0 Å². The van der Waals surface area contributed by atoms with E-state index in [0.717, 1.165) is 23.4 Å². The van der Waals surface area contributed by atoms with Gasteiger partial charge in [-0.25, -0.2) is 4.79 Å². The number of fused-ring (bicyclic) bond motifs is 1. The second-order valence-electron chi connectivity index (χ2n) is 6.14. The maximum absolute atomic E-state index is 11.3. The van der Waals surface area contributed by atoms with Crippen LogP contribution in [-0.2, 0) is 6.42 Å². The number of amides is 1. The molecule has 0 unspecified atom stereocenters. The van der Waals surface area contributed by atoms with Gasteiger partial charge in [0.25, 0.3) is 0 Å². The maximum Gasteiger partial charge on any atom is 0.407 e. The quantitative estimate of drug-likeness (QED) is 0.742. The largest absolute Gasteiger partial charge is 0.493 e. The third-order valence-electron chi connectivity index (χ3n) is 3.59. The number of carboxylic acid groups (broad SMARTS) is 1. The second kappa shape index (κ2) is 5.71. The van der Waals surface area contributed by atoms with Crippen molar-refractivity contribution in [2.24, 2.45) is 0 Å². The number of hydrogen-bond acceptors (Lipinski definition) is 4. The van der Waals surface area contributed by atoms with Gasteiger partial charge in [-0.15, -0.1) is 0 Å². The minimum Gasteiger partial charge on any atom is -0.493 e.